The zero-order valence-electron chi connectivity index (χ0n) is 14.7. The largest absolute Gasteiger partial charge is 0.505 e. The predicted octanol–water partition coefficient (Wildman–Crippen LogP) is 3.84. The van der Waals surface area contributed by atoms with Crippen LogP contribution in [0.5, 0.6) is 5.75 Å². The number of nitro groups is 1. The Hall–Kier alpha value is -3.42. The number of nitro benzene ring substituents is 1. The van der Waals surface area contributed by atoms with E-state index in [4.69, 9.17) is 4.42 Å². The third-order valence-electron chi connectivity index (χ3n) is 4.27. The van der Waals surface area contributed by atoms with Crippen LogP contribution in [-0.4, -0.2) is 20.9 Å². The monoisotopic (exact) mass is 369 g/mol. The van der Waals surface area contributed by atoms with Gasteiger partial charge in [-0.25, -0.2) is 0 Å². The van der Waals surface area contributed by atoms with E-state index in [1.807, 2.05) is 6.92 Å². The number of phenols is 1. The van der Waals surface area contributed by atoms with Gasteiger partial charge in [-0.1, -0.05) is 13.3 Å². The van der Waals surface area contributed by atoms with E-state index in [1.165, 1.54) is 24.6 Å². The Morgan fingerprint density at radius 1 is 1.41 bits per heavy atom. The summed E-state index contributed by atoms with van der Waals surface area (Å²) in [5.41, 5.74) is 0.0547. The lowest BCUT2D eigenvalue weighted by atomic mass is 9.99. The van der Waals surface area contributed by atoms with E-state index in [1.54, 1.807) is 18.2 Å². The highest BCUT2D eigenvalue weighted by Gasteiger charge is 2.28. The molecule has 1 atom stereocenters. The number of fused-ring (bicyclic) bond motifs is 1. The van der Waals surface area contributed by atoms with Crippen molar-refractivity contribution in [2.75, 3.05) is 0 Å². The zero-order chi connectivity index (χ0) is 19.4. The molecule has 0 unspecified atom stereocenters. The number of aromatic hydroxyl groups is 1. The Bertz CT molecular complexity index is 969. The number of rotatable bonds is 7. The van der Waals surface area contributed by atoms with Gasteiger partial charge in [0, 0.05) is 24.2 Å². The number of amides is 1. The number of unbranched alkanes of at least 4 members (excludes halogenated alkanes) is 1. The standard InChI is InChI=1S/C19H19N3O5/c1-2-3-8-16(23)21-17(15-7-5-10-27-15)13-11-14(22(25)26)12-6-4-9-20-18(12)19(13)24/h4-7,9-11,17,24H,2-3,8H2,1H3,(H,21,23)/t17-/m1/s1. The van der Waals surface area contributed by atoms with Gasteiger partial charge in [0.15, 0.2) is 0 Å². The molecule has 0 aliphatic carbocycles. The first-order valence-corrected chi connectivity index (χ1v) is 8.60. The van der Waals surface area contributed by atoms with Crippen LogP contribution >= 0.6 is 0 Å². The van der Waals surface area contributed by atoms with Gasteiger partial charge in [-0.05, 0) is 30.7 Å². The van der Waals surface area contributed by atoms with E-state index in [2.05, 4.69) is 10.3 Å². The number of hydrogen-bond acceptors (Lipinski definition) is 6. The minimum atomic E-state index is -0.866. The minimum Gasteiger partial charge on any atom is -0.505 e. The van der Waals surface area contributed by atoms with Crippen molar-refractivity contribution >= 4 is 22.5 Å². The Morgan fingerprint density at radius 2 is 2.22 bits per heavy atom. The van der Waals surface area contributed by atoms with E-state index >= 15 is 0 Å². The van der Waals surface area contributed by atoms with Crippen molar-refractivity contribution in [1.29, 1.82) is 0 Å². The molecule has 8 heteroatoms. The predicted molar refractivity (Wildman–Crippen MR) is 98.3 cm³/mol. The second-order valence-electron chi connectivity index (χ2n) is 6.11. The van der Waals surface area contributed by atoms with Gasteiger partial charge in [0.25, 0.3) is 5.69 Å². The minimum absolute atomic E-state index is 0.0982. The summed E-state index contributed by atoms with van der Waals surface area (Å²) in [5.74, 6) is -0.102. The van der Waals surface area contributed by atoms with Crippen molar-refractivity contribution < 1.29 is 19.2 Å². The van der Waals surface area contributed by atoms with E-state index in [-0.39, 0.29) is 33.8 Å². The van der Waals surface area contributed by atoms with Gasteiger partial charge < -0.3 is 14.8 Å². The zero-order valence-corrected chi connectivity index (χ0v) is 14.7. The Labute approximate surface area is 155 Å². The van der Waals surface area contributed by atoms with E-state index in [0.29, 0.717) is 18.6 Å². The third-order valence-corrected chi connectivity index (χ3v) is 4.27. The van der Waals surface area contributed by atoms with E-state index in [0.717, 1.165) is 6.42 Å². The first-order valence-electron chi connectivity index (χ1n) is 8.60. The van der Waals surface area contributed by atoms with Crippen LogP contribution in [-0.2, 0) is 4.79 Å². The lowest BCUT2D eigenvalue weighted by molar-refractivity contribution is -0.383. The fourth-order valence-electron chi connectivity index (χ4n) is 2.93. The molecule has 0 radical (unpaired) electrons. The molecule has 0 fully saturated rings. The smallest absolute Gasteiger partial charge is 0.279 e. The number of phenolic OH excluding ortho intramolecular Hbond substituents is 1. The molecule has 1 aromatic carbocycles. The molecule has 0 saturated carbocycles. The maximum Gasteiger partial charge on any atom is 0.279 e. The summed E-state index contributed by atoms with van der Waals surface area (Å²) in [4.78, 5) is 27.4. The summed E-state index contributed by atoms with van der Waals surface area (Å²) in [6.45, 7) is 1.97. The van der Waals surface area contributed by atoms with Gasteiger partial charge in [0.1, 0.15) is 23.1 Å². The summed E-state index contributed by atoms with van der Waals surface area (Å²) >= 11 is 0. The molecule has 140 valence electrons. The van der Waals surface area contributed by atoms with Gasteiger partial charge in [-0.15, -0.1) is 0 Å². The van der Waals surface area contributed by atoms with Crippen LogP contribution in [0.3, 0.4) is 0 Å². The molecule has 2 heterocycles. The molecule has 3 aromatic rings. The molecule has 0 aliphatic rings. The second kappa shape index (κ2) is 7.86. The normalized spacial score (nSPS) is 12.0. The van der Waals surface area contributed by atoms with Crippen molar-refractivity contribution in [2.45, 2.75) is 32.2 Å². The van der Waals surface area contributed by atoms with Crippen LogP contribution in [0.1, 0.15) is 43.6 Å². The second-order valence-corrected chi connectivity index (χ2v) is 6.11. The molecular formula is C19H19N3O5. The quantitative estimate of drug-likeness (QED) is 0.482. The van der Waals surface area contributed by atoms with Crippen molar-refractivity contribution in [3.63, 3.8) is 0 Å². The van der Waals surface area contributed by atoms with Gasteiger partial charge in [0.05, 0.1) is 16.6 Å². The molecule has 3 rings (SSSR count). The van der Waals surface area contributed by atoms with Gasteiger partial charge in [-0.3, -0.25) is 19.9 Å². The first kappa shape index (κ1) is 18.4. The highest BCUT2D eigenvalue weighted by molar-refractivity contribution is 5.93. The molecule has 2 N–H and O–H groups in total. The number of carbonyl (C=O) groups is 1. The average Bonchev–Trinajstić information content (AvgIpc) is 3.19. The number of nitrogens with one attached hydrogen (secondary N) is 1. The number of furan rings is 1. The SMILES string of the molecule is CCCCC(=O)N[C@@H](c1ccco1)c1cc([N+](=O)[O-])c2cccnc2c1O. The molecular weight excluding hydrogens is 350 g/mol. The summed E-state index contributed by atoms with van der Waals surface area (Å²) < 4.78 is 5.41. The van der Waals surface area contributed by atoms with Crippen molar-refractivity contribution in [3.8, 4) is 5.75 Å². The van der Waals surface area contributed by atoms with Gasteiger partial charge >= 0.3 is 0 Å². The third kappa shape index (κ3) is 3.74. The van der Waals surface area contributed by atoms with Crippen molar-refractivity contribution in [1.82, 2.24) is 10.3 Å². The fraction of sp³-hybridized carbons (Fsp3) is 0.263. The number of pyridine rings is 1. The lowest BCUT2D eigenvalue weighted by Crippen LogP contribution is -2.29. The first-order chi connectivity index (χ1) is 13.0. The van der Waals surface area contributed by atoms with Crippen LogP contribution in [0.4, 0.5) is 5.69 Å². The maximum absolute atomic E-state index is 12.3. The van der Waals surface area contributed by atoms with E-state index < -0.39 is 11.0 Å². The number of hydrogen-bond donors (Lipinski definition) is 2. The Morgan fingerprint density at radius 3 is 2.89 bits per heavy atom. The van der Waals surface area contributed by atoms with Gasteiger partial charge in [-0.2, -0.15) is 0 Å². The number of aromatic nitrogens is 1. The molecule has 0 spiro atoms. The number of nitrogens with zero attached hydrogens (tertiary/aromatic N) is 2. The number of benzene rings is 1. The molecule has 2 aromatic heterocycles. The topological polar surface area (TPSA) is 118 Å². The molecule has 0 aliphatic heterocycles. The highest BCUT2D eigenvalue weighted by Crippen LogP contribution is 2.39. The summed E-state index contributed by atoms with van der Waals surface area (Å²) in [5, 5.41) is 25.3. The fourth-order valence-corrected chi connectivity index (χ4v) is 2.93. The molecule has 27 heavy (non-hydrogen) atoms. The summed E-state index contributed by atoms with van der Waals surface area (Å²) in [6, 6.07) is 6.75. The molecule has 0 saturated heterocycles. The Balaban J connectivity index is 2.14. The summed E-state index contributed by atoms with van der Waals surface area (Å²) in [6.07, 6.45) is 4.75. The molecule has 8 nitrogen and oxygen atoms in total. The molecule has 0 bridgehead atoms. The van der Waals surface area contributed by atoms with Crippen LogP contribution in [0.25, 0.3) is 10.9 Å². The van der Waals surface area contributed by atoms with Gasteiger partial charge in [0.2, 0.25) is 5.91 Å². The molecule has 1 amide bonds. The van der Waals surface area contributed by atoms with Crippen molar-refractivity contribution in [2.24, 2.45) is 0 Å². The average molecular weight is 369 g/mol. The van der Waals surface area contributed by atoms with Crippen LogP contribution in [0.2, 0.25) is 0 Å². The van der Waals surface area contributed by atoms with Crippen LogP contribution in [0, 0.1) is 10.1 Å². The van der Waals surface area contributed by atoms with Crippen LogP contribution in [0.15, 0.2) is 47.2 Å². The Kier molecular flexibility index (Phi) is 5.35. The summed E-state index contributed by atoms with van der Waals surface area (Å²) in [7, 11) is 0. The number of carbonyl (C=O) groups excluding carboxylic acids is 1. The lowest BCUT2D eigenvalue weighted by Gasteiger charge is -2.19. The van der Waals surface area contributed by atoms with E-state index in [9.17, 15) is 20.0 Å². The van der Waals surface area contributed by atoms with Crippen molar-refractivity contribution in [3.05, 3.63) is 64.2 Å². The van der Waals surface area contributed by atoms with Crippen LogP contribution < -0.4 is 5.32 Å². The highest BCUT2D eigenvalue weighted by atomic mass is 16.6. The number of non-ortho nitro benzene ring substituents is 1. The maximum atomic E-state index is 12.3.